The zero-order valence-electron chi connectivity index (χ0n) is 15.9. The quantitative estimate of drug-likeness (QED) is 0.778. The topological polar surface area (TPSA) is 98.5 Å². The highest BCUT2D eigenvalue weighted by Gasteiger charge is 2.37. The first-order valence-electron chi connectivity index (χ1n) is 9.29. The first-order valence-corrected chi connectivity index (χ1v) is 9.29. The van der Waals surface area contributed by atoms with Gasteiger partial charge < -0.3 is 24.1 Å². The normalized spacial score (nSPS) is 20.4. The number of hydrogen-bond donors (Lipinski definition) is 1. The lowest BCUT2D eigenvalue weighted by Crippen LogP contribution is -2.52. The van der Waals surface area contributed by atoms with Gasteiger partial charge in [-0.25, -0.2) is 9.78 Å². The van der Waals surface area contributed by atoms with E-state index in [1.54, 1.807) is 11.1 Å². The van der Waals surface area contributed by atoms with Gasteiger partial charge in [0.05, 0.1) is 12.7 Å². The molecule has 2 aliphatic rings. The number of nitrogens with zero attached hydrogens (tertiary/aromatic N) is 4. The number of methoxy groups -OCH3 is 1. The average Bonchev–Trinajstić information content (AvgIpc) is 3.12. The Morgan fingerprint density at radius 2 is 2.11 bits per heavy atom. The molecule has 0 spiro atoms. The van der Waals surface area contributed by atoms with Gasteiger partial charge in [-0.3, -0.25) is 9.59 Å². The number of pyridine rings is 1. The number of aromatic nitrogens is 3. The van der Waals surface area contributed by atoms with Crippen LogP contribution in [-0.2, 0) is 23.1 Å². The van der Waals surface area contributed by atoms with E-state index in [4.69, 9.17) is 0 Å². The smallest absolute Gasteiger partial charge is 0.325 e. The number of piperidine rings is 1. The Morgan fingerprint density at radius 3 is 2.82 bits per heavy atom. The molecule has 4 heterocycles. The van der Waals surface area contributed by atoms with E-state index in [9.17, 15) is 14.4 Å². The van der Waals surface area contributed by atoms with Crippen molar-refractivity contribution in [1.29, 1.82) is 0 Å². The van der Waals surface area contributed by atoms with E-state index in [0.717, 1.165) is 12.1 Å². The van der Waals surface area contributed by atoms with Crippen LogP contribution in [0.15, 0.2) is 29.3 Å². The molecule has 2 bridgehead atoms. The van der Waals surface area contributed by atoms with E-state index in [2.05, 4.69) is 15.0 Å². The maximum atomic E-state index is 13.1. The van der Waals surface area contributed by atoms with Crippen molar-refractivity contribution in [2.24, 2.45) is 13.0 Å². The zero-order chi connectivity index (χ0) is 19.8. The lowest BCUT2D eigenvalue weighted by Gasteiger charge is -2.42. The second-order valence-corrected chi connectivity index (χ2v) is 7.39. The van der Waals surface area contributed by atoms with Crippen LogP contribution in [0.3, 0.4) is 0 Å². The summed E-state index contributed by atoms with van der Waals surface area (Å²) in [6.07, 6.45) is 4.44. The highest BCUT2D eigenvalue weighted by molar-refractivity contribution is 5.80. The molecule has 148 valence electrons. The molecule has 1 N–H and O–H groups in total. The predicted octanol–water partition coefficient (Wildman–Crippen LogP) is 0.551. The summed E-state index contributed by atoms with van der Waals surface area (Å²) in [6.45, 7) is 1.50. The molecule has 2 aromatic rings. The van der Waals surface area contributed by atoms with Gasteiger partial charge in [-0.05, 0) is 24.5 Å². The number of rotatable bonds is 3. The van der Waals surface area contributed by atoms with Crippen LogP contribution in [0.5, 0.6) is 0 Å². The van der Waals surface area contributed by atoms with E-state index >= 15 is 0 Å². The Bertz CT molecular complexity index is 979. The molecule has 0 aromatic carbocycles. The molecule has 2 atom stereocenters. The Labute approximate surface area is 161 Å². The van der Waals surface area contributed by atoms with Gasteiger partial charge in [0.1, 0.15) is 12.4 Å². The van der Waals surface area contributed by atoms with Gasteiger partial charge in [0, 0.05) is 50.7 Å². The third kappa shape index (κ3) is 3.17. The molecule has 0 unspecified atom stereocenters. The molecule has 2 aromatic heterocycles. The van der Waals surface area contributed by atoms with Crippen LogP contribution in [0.4, 0.5) is 4.79 Å². The maximum Gasteiger partial charge on any atom is 0.325 e. The monoisotopic (exact) mass is 385 g/mol. The molecule has 0 aliphatic carbocycles. The number of hydrogen-bond acceptors (Lipinski definition) is 5. The van der Waals surface area contributed by atoms with E-state index in [-0.39, 0.29) is 30.0 Å². The van der Waals surface area contributed by atoms with Crippen LogP contribution in [0.1, 0.15) is 18.0 Å². The minimum Gasteiger partial charge on any atom is -0.468 e. The van der Waals surface area contributed by atoms with E-state index in [1.165, 1.54) is 7.11 Å². The highest BCUT2D eigenvalue weighted by Crippen LogP contribution is 2.35. The Hall–Kier alpha value is -3.10. The summed E-state index contributed by atoms with van der Waals surface area (Å²) in [5, 5.41) is 2.59. The van der Waals surface area contributed by atoms with Crippen molar-refractivity contribution in [3.8, 4) is 11.4 Å². The van der Waals surface area contributed by atoms with Crippen molar-refractivity contribution in [1.82, 2.24) is 24.3 Å². The summed E-state index contributed by atoms with van der Waals surface area (Å²) in [5.41, 5.74) is 1.50. The van der Waals surface area contributed by atoms with Gasteiger partial charge >= 0.3 is 12.0 Å². The summed E-state index contributed by atoms with van der Waals surface area (Å²) in [5.74, 6) is 0.466. The van der Waals surface area contributed by atoms with E-state index < -0.39 is 5.97 Å². The van der Waals surface area contributed by atoms with Gasteiger partial charge in [0.2, 0.25) is 0 Å². The molecule has 0 radical (unpaired) electrons. The first-order chi connectivity index (χ1) is 13.5. The number of ether oxygens (including phenoxy) is 1. The second-order valence-electron chi connectivity index (χ2n) is 7.39. The Morgan fingerprint density at radius 1 is 1.29 bits per heavy atom. The standard InChI is InChI=1S/C19H23N5O4/c1-22-6-5-20-17(22)14-3-4-15-13-7-12(10-24(15)18(14)26)9-23(11-13)19(27)21-8-16(25)28-2/h3-6,12-13H,7-11H2,1-2H3,(H,21,27)/t12-,13+/m0/s1. The molecule has 1 fully saturated rings. The second kappa shape index (κ2) is 7.14. The van der Waals surface area contributed by atoms with E-state index in [1.807, 2.05) is 34.5 Å². The average molecular weight is 385 g/mol. The summed E-state index contributed by atoms with van der Waals surface area (Å²) in [4.78, 5) is 42.8. The van der Waals surface area contributed by atoms with Crippen LogP contribution in [0.25, 0.3) is 11.4 Å². The number of carbonyl (C=O) groups is 2. The molecule has 9 heteroatoms. The Kier molecular flexibility index (Phi) is 4.66. The van der Waals surface area contributed by atoms with Gasteiger partial charge in [-0.1, -0.05) is 0 Å². The molecule has 4 rings (SSSR count). The lowest BCUT2D eigenvalue weighted by atomic mass is 9.83. The predicted molar refractivity (Wildman–Crippen MR) is 101 cm³/mol. The number of nitrogens with one attached hydrogen (secondary N) is 1. The third-order valence-electron chi connectivity index (χ3n) is 5.57. The molecule has 9 nitrogen and oxygen atoms in total. The van der Waals surface area contributed by atoms with Crippen LogP contribution >= 0.6 is 0 Å². The van der Waals surface area contributed by atoms with Crippen molar-refractivity contribution in [2.75, 3.05) is 26.7 Å². The summed E-state index contributed by atoms with van der Waals surface area (Å²) >= 11 is 0. The molecular formula is C19H23N5O4. The number of likely N-dealkylation sites (tertiary alicyclic amines) is 1. The summed E-state index contributed by atoms with van der Waals surface area (Å²) in [7, 11) is 3.15. The molecule has 2 aliphatic heterocycles. The van der Waals surface area contributed by atoms with Crippen LogP contribution in [0.2, 0.25) is 0 Å². The van der Waals surface area contributed by atoms with Crippen LogP contribution in [-0.4, -0.2) is 57.8 Å². The minimum atomic E-state index is -0.482. The molecule has 28 heavy (non-hydrogen) atoms. The minimum absolute atomic E-state index is 0.0370. The van der Waals surface area contributed by atoms with Crippen molar-refractivity contribution in [3.05, 3.63) is 40.6 Å². The largest absolute Gasteiger partial charge is 0.468 e. The number of amides is 2. The number of carbonyl (C=O) groups excluding carboxylic acids is 2. The fourth-order valence-corrected chi connectivity index (χ4v) is 4.24. The SMILES string of the molecule is COC(=O)CNC(=O)N1C[C@@H]2C[C@H](C1)c1ccc(-c3nccn3C)c(=O)n1C2. The highest BCUT2D eigenvalue weighted by atomic mass is 16.5. The molecule has 1 saturated heterocycles. The fourth-order valence-electron chi connectivity index (χ4n) is 4.24. The number of urea groups is 1. The van der Waals surface area contributed by atoms with E-state index in [0.29, 0.717) is 31.0 Å². The van der Waals surface area contributed by atoms with Gasteiger partial charge in [0.15, 0.2) is 0 Å². The maximum absolute atomic E-state index is 13.1. The molecule has 2 amide bonds. The van der Waals surface area contributed by atoms with Crippen molar-refractivity contribution in [2.45, 2.75) is 18.9 Å². The number of fused-ring (bicyclic) bond motifs is 4. The van der Waals surface area contributed by atoms with Crippen molar-refractivity contribution in [3.63, 3.8) is 0 Å². The third-order valence-corrected chi connectivity index (χ3v) is 5.57. The molecule has 0 saturated carbocycles. The van der Waals surface area contributed by atoms with Gasteiger partial charge in [-0.15, -0.1) is 0 Å². The first kappa shape index (κ1) is 18.3. The number of imidazole rings is 1. The number of esters is 1. The number of aryl methyl sites for hydroxylation is 1. The lowest BCUT2D eigenvalue weighted by molar-refractivity contribution is -0.139. The van der Waals surface area contributed by atoms with Crippen LogP contribution < -0.4 is 10.9 Å². The molecular weight excluding hydrogens is 362 g/mol. The van der Waals surface area contributed by atoms with Gasteiger partial charge in [0.25, 0.3) is 5.56 Å². The van der Waals surface area contributed by atoms with Crippen LogP contribution in [0, 0.1) is 5.92 Å². The summed E-state index contributed by atoms with van der Waals surface area (Å²) < 4.78 is 8.23. The zero-order valence-corrected chi connectivity index (χ0v) is 15.9. The fraction of sp³-hybridized carbons (Fsp3) is 0.474. The van der Waals surface area contributed by atoms with Crippen molar-refractivity contribution < 1.29 is 14.3 Å². The van der Waals surface area contributed by atoms with Crippen molar-refractivity contribution >= 4 is 12.0 Å². The Balaban J connectivity index is 1.57. The summed E-state index contributed by atoms with van der Waals surface area (Å²) in [6, 6.07) is 3.52. The van der Waals surface area contributed by atoms with Gasteiger partial charge in [-0.2, -0.15) is 0 Å².